The minimum absolute atomic E-state index is 0.0211. The lowest BCUT2D eigenvalue weighted by Crippen LogP contribution is -2.24. The maximum Gasteiger partial charge on any atom is 0.221 e. The molecule has 0 aliphatic carbocycles. The third-order valence-electron chi connectivity index (χ3n) is 3.18. The Bertz CT molecular complexity index is 594. The molecule has 1 atom stereocenters. The van der Waals surface area contributed by atoms with E-state index in [0.717, 1.165) is 17.5 Å². The van der Waals surface area contributed by atoms with Crippen molar-refractivity contribution in [1.29, 1.82) is 0 Å². The van der Waals surface area contributed by atoms with Crippen LogP contribution < -0.4 is 10.6 Å². The Labute approximate surface area is 109 Å². The van der Waals surface area contributed by atoms with Crippen LogP contribution in [0.1, 0.15) is 18.0 Å². The van der Waals surface area contributed by atoms with Crippen molar-refractivity contribution in [2.75, 3.05) is 13.1 Å². The predicted octanol–water partition coefficient (Wildman–Crippen LogP) is 2.24. The summed E-state index contributed by atoms with van der Waals surface area (Å²) in [6.45, 7) is 1.41. The Hall–Kier alpha value is -1.52. The van der Waals surface area contributed by atoms with Crippen molar-refractivity contribution in [2.45, 2.75) is 12.5 Å². The highest BCUT2D eigenvalue weighted by molar-refractivity contribution is 6.34. The molecule has 1 aromatic heterocycles. The number of carbonyl (C=O) groups is 1. The number of fused-ring (bicyclic) bond motifs is 1. The van der Waals surface area contributed by atoms with E-state index in [0.29, 0.717) is 23.6 Å². The van der Waals surface area contributed by atoms with Crippen LogP contribution >= 0.6 is 11.6 Å². The lowest BCUT2D eigenvalue weighted by atomic mass is 10.0. The topological polar surface area (TPSA) is 54.3 Å². The van der Waals surface area contributed by atoms with Crippen LogP contribution in [-0.2, 0) is 4.79 Å². The first-order valence-electron chi connectivity index (χ1n) is 5.91. The van der Waals surface area contributed by atoms with Crippen LogP contribution in [0.25, 0.3) is 11.0 Å². The molecule has 0 saturated carbocycles. The van der Waals surface area contributed by atoms with E-state index in [1.807, 2.05) is 12.1 Å². The molecule has 18 heavy (non-hydrogen) atoms. The summed E-state index contributed by atoms with van der Waals surface area (Å²) in [5, 5.41) is 7.74. The zero-order chi connectivity index (χ0) is 12.5. The first-order valence-corrected chi connectivity index (χ1v) is 6.29. The second-order valence-corrected chi connectivity index (χ2v) is 4.78. The van der Waals surface area contributed by atoms with Gasteiger partial charge in [0.15, 0.2) is 5.58 Å². The van der Waals surface area contributed by atoms with Crippen LogP contribution in [0.4, 0.5) is 0 Å². The number of carbonyl (C=O) groups excluding carboxylic acids is 1. The number of furan rings is 1. The number of hydrogen-bond donors (Lipinski definition) is 2. The molecule has 0 spiro atoms. The van der Waals surface area contributed by atoms with Gasteiger partial charge in [-0.3, -0.25) is 4.79 Å². The number of benzene rings is 1. The highest BCUT2D eigenvalue weighted by Crippen LogP contribution is 2.32. The van der Waals surface area contributed by atoms with Crippen LogP contribution in [0.15, 0.2) is 28.9 Å². The van der Waals surface area contributed by atoms with Crippen LogP contribution in [0.5, 0.6) is 0 Å². The van der Waals surface area contributed by atoms with Gasteiger partial charge in [-0.1, -0.05) is 23.7 Å². The number of halogens is 1. The van der Waals surface area contributed by atoms with Crippen molar-refractivity contribution in [1.82, 2.24) is 10.6 Å². The highest BCUT2D eigenvalue weighted by Gasteiger charge is 2.22. The molecule has 2 heterocycles. The molecule has 0 radical (unpaired) electrons. The van der Waals surface area contributed by atoms with Crippen LogP contribution in [0.3, 0.4) is 0 Å². The average molecular weight is 265 g/mol. The third kappa shape index (κ3) is 1.98. The molecular weight excluding hydrogens is 252 g/mol. The molecule has 1 saturated heterocycles. The number of para-hydroxylation sites is 1. The maximum atomic E-state index is 11.6. The second kappa shape index (κ2) is 4.63. The quantitative estimate of drug-likeness (QED) is 0.831. The van der Waals surface area contributed by atoms with E-state index in [9.17, 15) is 4.79 Å². The van der Waals surface area contributed by atoms with Crippen molar-refractivity contribution in [2.24, 2.45) is 0 Å². The minimum atomic E-state index is -0.0211. The standard InChI is InChI=1S/C13H13ClN2O2/c14-10-3-1-2-8-9(7-18-13(8)10)11-6-12(17)16-5-4-15-11/h1-3,7,11,15H,4-6H2,(H,16,17). The lowest BCUT2D eigenvalue weighted by molar-refractivity contribution is -0.121. The Morgan fingerprint density at radius 2 is 2.22 bits per heavy atom. The van der Waals surface area contributed by atoms with E-state index in [4.69, 9.17) is 16.0 Å². The van der Waals surface area contributed by atoms with Crippen LogP contribution in [-0.4, -0.2) is 19.0 Å². The molecule has 1 aliphatic heterocycles. The molecule has 0 bridgehead atoms. The number of nitrogens with one attached hydrogen (secondary N) is 2. The summed E-state index contributed by atoms with van der Waals surface area (Å²) in [6, 6.07) is 5.63. The fourth-order valence-corrected chi connectivity index (χ4v) is 2.53. The van der Waals surface area contributed by atoms with E-state index in [1.165, 1.54) is 0 Å². The number of amides is 1. The monoisotopic (exact) mass is 264 g/mol. The normalized spacial score (nSPS) is 20.7. The molecule has 1 unspecified atom stereocenters. The molecular formula is C13H13ClN2O2. The van der Waals surface area contributed by atoms with Gasteiger partial charge < -0.3 is 15.1 Å². The van der Waals surface area contributed by atoms with Gasteiger partial charge in [-0.05, 0) is 6.07 Å². The third-order valence-corrected chi connectivity index (χ3v) is 3.48. The Balaban J connectivity index is 2.03. The molecule has 1 aromatic carbocycles. The Kier molecular flexibility index (Phi) is 2.97. The summed E-state index contributed by atoms with van der Waals surface area (Å²) in [6.07, 6.45) is 2.11. The lowest BCUT2D eigenvalue weighted by Gasteiger charge is -2.12. The summed E-state index contributed by atoms with van der Waals surface area (Å²) in [4.78, 5) is 11.6. The van der Waals surface area contributed by atoms with E-state index >= 15 is 0 Å². The Morgan fingerprint density at radius 3 is 3.11 bits per heavy atom. The average Bonchev–Trinajstić information content (AvgIpc) is 2.67. The van der Waals surface area contributed by atoms with Gasteiger partial charge in [0.05, 0.1) is 11.3 Å². The summed E-state index contributed by atoms with van der Waals surface area (Å²) in [5.74, 6) is 0.0568. The van der Waals surface area contributed by atoms with Crippen LogP contribution in [0.2, 0.25) is 5.02 Å². The summed E-state index contributed by atoms with van der Waals surface area (Å²) in [7, 11) is 0. The fraction of sp³-hybridized carbons (Fsp3) is 0.308. The predicted molar refractivity (Wildman–Crippen MR) is 69.6 cm³/mol. The summed E-state index contributed by atoms with van der Waals surface area (Å²) < 4.78 is 5.51. The largest absolute Gasteiger partial charge is 0.462 e. The molecule has 1 aliphatic rings. The smallest absolute Gasteiger partial charge is 0.221 e. The molecule has 2 aromatic rings. The van der Waals surface area contributed by atoms with E-state index in [-0.39, 0.29) is 11.9 Å². The molecule has 5 heteroatoms. The molecule has 94 valence electrons. The van der Waals surface area contributed by atoms with Gasteiger partial charge in [-0.2, -0.15) is 0 Å². The zero-order valence-corrected chi connectivity index (χ0v) is 10.5. The van der Waals surface area contributed by atoms with Crippen molar-refractivity contribution in [3.8, 4) is 0 Å². The maximum absolute atomic E-state index is 11.6. The van der Waals surface area contributed by atoms with Gasteiger partial charge in [0.25, 0.3) is 0 Å². The van der Waals surface area contributed by atoms with Gasteiger partial charge in [0.2, 0.25) is 5.91 Å². The van der Waals surface area contributed by atoms with Gasteiger partial charge in [0, 0.05) is 36.5 Å². The van der Waals surface area contributed by atoms with Crippen molar-refractivity contribution in [3.63, 3.8) is 0 Å². The van der Waals surface area contributed by atoms with Crippen molar-refractivity contribution < 1.29 is 9.21 Å². The van der Waals surface area contributed by atoms with Crippen molar-refractivity contribution >= 4 is 28.5 Å². The van der Waals surface area contributed by atoms with E-state index < -0.39 is 0 Å². The van der Waals surface area contributed by atoms with Gasteiger partial charge >= 0.3 is 0 Å². The fourth-order valence-electron chi connectivity index (χ4n) is 2.31. The number of hydrogen-bond acceptors (Lipinski definition) is 3. The van der Waals surface area contributed by atoms with Gasteiger partial charge in [-0.15, -0.1) is 0 Å². The van der Waals surface area contributed by atoms with E-state index in [1.54, 1.807) is 12.3 Å². The molecule has 2 N–H and O–H groups in total. The molecule has 1 amide bonds. The SMILES string of the molecule is O=C1CC(c2coc3c(Cl)cccc23)NCCN1. The highest BCUT2D eigenvalue weighted by atomic mass is 35.5. The Morgan fingerprint density at radius 1 is 1.33 bits per heavy atom. The first kappa shape index (κ1) is 11.6. The first-order chi connectivity index (χ1) is 8.75. The minimum Gasteiger partial charge on any atom is -0.462 e. The summed E-state index contributed by atoms with van der Waals surface area (Å²) >= 11 is 6.08. The molecule has 4 nitrogen and oxygen atoms in total. The molecule has 3 rings (SSSR count). The van der Waals surface area contributed by atoms with E-state index in [2.05, 4.69) is 10.6 Å². The van der Waals surface area contributed by atoms with Crippen LogP contribution in [0, 0.1) is 0 Å². The van der Waals surface area contributed by atoms with Gasteiger partial charge in [0.1, 0.15) is 0 Å². The summed E-state index contributed by atoms with van der Waals surface area (Å²) in [5.41, 5.74) is 1.67. The van der Waals surface area contributed by atoms with Crippen molar-refractivity contribution in [3.05, 3.63) is 35.0 Å². The zero-order valence-electron chi connectivity index (χ0n) is 9.70. The molecule has 1 fully saturated rings. The van der Waals surface area contributed by atoms with Gasteiger partial charge in [-0.25, -0.2) is 0 Å². The second-order valence-electron chi connectivity index (χ2n) is 4.37. The number of rotatable bonds is 1.